The number of carbonyl (C=O) groups excluding carboxylic acids is 1. The molecular formula is C16H24N5O5P. The van der Waals surface area contributed by atoms with Gasteiger partial charge in [-0.2, -0.15) is 4.98 Å². The number of fused-ring (bicyclic) bond motifs is 1. The third-order valence-electron chi connectivity index (χ3n) is 4.17. The average molecular weight is 397 g/mol. The lowest BCUT2D eigenvalue weighted by atomic mass is 10.2. The number of aromatic nitrogens is 4. The Morgan fingerprint density at radius 2 is 2.22 bits per heavy atom. The van der Waals surface area contributed by atoms with Gasteiger partial charge in [-0.25, -0.2) is 4.98 Å². The summed E-state index contributed by atoms with van der Waals surface area (Å²) in [7, 11) is -2.57. The predicted molar refractivity (Wildman–Crippen MR) is 100 cm³/mol. The van der Waals surface area contributed by atoms with Crippen LogP contribution >= 0.6 is 7.37 Å². The van der Waals surface area contributed by atoms with Gasteiger partial charge in [-0.3, -0.25) is 29.0 Å². The van der Waals surface area contributed by atoms with E-state index in [-0.39, 0.29) is 42.2 Å². The highest BCUT2D eigenvalue weighted by molar-refractivity contribution is 7.57. The summed E-state index contributed by atoms with van der Waals surface area (Å²) < 4.78 is 24.7. The molecule has 2 N–H and O–H groups in total. The maximum absolute atomic E-state index is 12.2. The molecule has 2 atom stereocenters. The molecule has 27 heavy (non-hydrogen) atoms. The number of hydrogen-bond donors (Lipinski definition) is 2. The Balaban J connectivity index is 1.81. The van der Waals surface area contributed by atoms with Gasteiger partial charge in [0.1, 0.15) is 6.23 Å². The minimum atomic E-state index is -2.57. The van der Waals surface area contributed by atoms with Crippen LogP contribution < -0.4 is 10.9 Å². The van der Waals surface area contributed by atoms with Crippen molar-refractivity contribution in [1.29, 1.82) is 0 Å². The van der Waals surface area contributed by atoms with Crippen molar-refractivity contribution in [3.05, 3.63) is 16.7 Å². The molecule has 11 heteroatoms. The third-order valence-corrected chi connectivity index (χ3v) is 4.94. The Kier molecular flexibility index (Phi) is 5.50. The van der Waals surface area contributed by atoms with E-state index in [9.17, 15) is 14.2 Å². The Bertz CT molecular complexity index is 946. The smallest absolute Gasteiger partial charge is 0.280 e. The molecule has 0 unspecified atom stereocenters. The first-order chi connectivity index (χ1) is 12.6. The van der Waals surface area contributed by atoms with E-state index >= 15 is 0 Å². The SMILES string of the molecule is CC(C)C(=O)Nc1nc2c(ncn2[C@H]2CC[C@@H](COP(C)(C)=O)O2)c(=O)[nH]1. The number of hydrogen-bond acceptors (Lipinski definition) is 7. The zero-order chi connectivity index (χ0) is 19.8. The summed E-state index contributed by atoms with van der Waals surface area (Å²) in [5.74, 6) is -0.423. The van der Waals surface area contributed by atoms with Crippen molar-refractivity contribution in [2.75, 3.05) is 25.3 Å². The van der Waals surface area contributed by atoms with Crippen LogP contribution in [0.2, 0.25) is 0 Å². The van der Waals surface area contributed by atoms with E-state index in [1.165, 1.54) is 6.33 Å². The molecule has 1 aliphatic rings. The predicted octanol–water partition coefficient (Wildman–Crippen LogP) is 1.95. The molecule has 1 saturated heterocycles. The normalized spacial score (nSPS) is 20.5. The van der Waals surface area contributed by atoms with Crippen molar-refractivity contribution in [1.82, 2.24) is 19.5 Å². The lowest BCUT2D eigenvalue weighted by molar-refractivity contribution is -0.118. The first kappa shape index (κ1) is 19.7. The van der Waals surface area contributed by atoms with Gasteiger partial charge in [0, 0.05) is 19.2 Å². The monoisotopic (exact) mass is 397 g/mol. The van der Waals surface area contributed by atoms with Crippen molar-refractivity contribution >= 4 is 30.4 Å². The number of anilines is 1. The number of rotatable bonds is 6. The molecule has 0 aromatic carbocycles. The van der Waals surface area contributed by atoms with E-state index in [0.717, 1.165) is 6.42 Å². The van der Waals surface area contributed by atoms with Gasteiger partial charge in [-0.15, -0.1) is 0 Å². The molecule has 0 bridgehead atoms. The molecule has 1 aliphatic heterocycles. The molecule has 0 saturated carbocycles. The van der Waals surface area contributed by atoms with Crippen LogP contribution in [0.5, 0.6) is 0 Å². The highest BCUT2D eigenvalue weighted by atomic mass is 31.2. The second-order valence-electron chi connectivity index (χ2n) is 7.22. The van der Waals surface area contributed by atoms with Gasteiger partial charge in [0.25, 0.3) is 5.56 Å². The number of carbonyl (C=O) groups is 1. The van der Waals surface area contributed by atoms with Gasteiger partial charge in [0.05, 0.1) is 19.0 Å². The Morgan fingerprint density at radius 1 is 1.48 bits per heavy atom. The Morgan fingerprint density at radius 3 is 2.89 bits per heavy atom. The molecule has 0 radical (unpaired) electrons. The fourth-order valence-corrected chi connectivity index (χ4v) is 3.26. The third kappa shape index (κ3) is 4.63. The summed E-state index contributed by atoms with van der Waals surface area (Å²) in [6.07, 6.45) is 2.35. The first-order valence-corrected chi connectivity index (χ1v) is 11.3. The van der Waals surface area contributed by atoms with Crippen molar-refractivity contribution in [3.63, 3.8) is 0 Å². The highest BCUT2D eigenvalue weighted by Gasteiger charge is 2.29. The van der Waals surface area contributed by atoms with Crippen LogP contribution in [-0.2, 0) is 18.6 Å². The van der Waals surface area contributed by atoms with Crippen molar-refractivity contribution in [2.24, 2.45) is 5.92 Å². The van der Waals surface area contributed by atoms with E-state index < -0.39 is 12.9 Å². The number of H-pyrrole nitrogens is 1. The molecule has 3 rings (SSSR count). The highest BCUT2D eigenvalue weighted by Crippen LogP contribution is 2.39. The van der Waals surface area contributed by atoms with Gasteiger partial charge in [-0.05, 0) is 12.8 Å². The van der Waals surface area contributed by atoms with E-state index in [4.69, 9.17) is 9.26 Å². The second-order valence-corrected chi connectivity index (χ2v) is 9.98. The van der Waals surface area contributed by atoms with E-state index in [1.54, 1.807) is 31.7 Å². The second kappa shape index (κ2) is 7.53. The summed E-state index contributed by atoms with van der Waals surface area (Å²) >= 11 is 0. The molecule has 1 amide bonds. The summed E-state index contributed by atoms with van der Waals surface area (Å²) in [6, 6.07) is 0. The fourth-order valence-electron chi connectivity index (χ4n) is 2.73. The van der Waals surface area contributed by atoms with Crippen molar-refractivity contribution in [3.8, 4) is 0 Å². The molecule has 148 valence electrons. The number of aromatic amines is 1. The first-order valence-electron chi connectivity index (χ1n) is 8.77. The number of amides is 1. The van der Waals surface area contributed by atoms with Crippen LogP contribution in [0, 0.1) is 5.92 Å². The van der Waals surface area contributed by atoms with Gasteiger partial charge >= 0.3 is 0 Å². The average Bonchev–Trinajstić information content (AvgIpc) is 3.18. The number of nitrogens with one attached hydrogen (secondary N) is 2. The zero-order valence-corrected chi connectivity index (χ0v) is 16.7. The van der Waals surface area contributed by atoms with Gasteiger partial charge < -0.3 is 9.26 Å². The molecule has 10 nitrogen and oxygen atoms in total. The molecule has 1 fully saturated rings. The minimum Gasteiger partial charge on any atom is -0.352 e. The van der Waals surface area contributed by atoms with Crippen LogP contribution in [0.1, 0.15) is 32.9 Å². The topological polar surface area (TPSA) is 128 Å². The summed E-state index contributed by atoms with van der Waals surface area (Å²) in [6.45, 7) is 6.86. The quantitative estimate of drug-likeness (QED) is 0.713. The number of imidazole rings is 1. The van der Waals surface area contributed by atoms with Crippen LogP contribution in [-0.4, -0.2) is 51.5 Å². The fraction of sp³-hybridized carbons (Fsp3) is 0.625. The van der Waals surface area contributed by atoms with E-state index in [1.807, 2.05) is 0 Å². The van der Waals surface area contributed by atoms with Gasteiger partial charge in [0.2, 0.25) is 11.9 Å². The molecule has 0 spiro atoms. The van der Waals surface area contributed by atoms with Crippen molar-refractivity contribution < 1.29 is 18.6 Å². The summed E-state index contributed by atoms with van der Waals surface area (Å²) in [5, 5.41) is 2.59. The van der Waals surface area contributed by atoms with E-state index in [0.29, 0.717) is 12.1 Å². The van der Waals surface area contributed by atoms with Crippen LogP contribution in [0.4, 0.5) is 5.95 Å². The van der Waals surface area contributed by atoms with Gasteiger partial charge in [-0.1, -0.05) is 13.8 Å². The number of nitrogens with zero attached hydrogens (tertiary/aromatic N) is 3. The summed E-state index contributed by atoms with van der Waals surface area (Å²) in [4.78, 5) is 35.1. The maximum Gasteiger partial charge on any atom is 0.280 e. The molecular weight excluding hydrogens is 373 g/mol. The molecule has 0 aliphatic carbocycles. The Labute approximate surface area is 156 Å². The minimum absolute atomic E-state index is 0.0729. The molecule has 3 heterocycles. The molecule has 2 aromatic heterocycles. The van der Waals surface area contributed by atoms with Crippen LogP contribution in [0.25, 0.3) is 11.2 Å². The molecule has 2 aromatic rings. The largest absolute Gasteiger partial charge is 0.352 e. The lowest BCUT2D eigenvalue weighted by Gasteiger charge is -2.16. The van der Waals surface area contributed by atoms with Crippen LogP contribution in [0.3, 0.4) is 0 Å². The van der Waals surface area contributed by atoms with Crippen molar-refractivity contribution in [2.45, 2.75) is 39.0 Å². The summed E-state index contributed by atoms with van der Waals surface area (Å²) in [5.41, 5.74) is 0.0714. The zero-order valence-electron chi connectivity index (χ0n) is 15.8. The standard InChI is InChI=1S/C16H24N5O5P/c1-9(2)14(22)19-16-18-13-12(15(23)20-16)17-8-21(13)11-6-5-10(26-11)7-25-27(3,4)24/h8-11H,5-7H2,1-4H3,(H2,18,19,20,22,23)/t10-,11+/m0/s1. The van der Waals surface area contributed by atoms with Gasteiger partial charge in [0.15, 0.2) is 18.5 Å². The van der Waals surface area contributed by atoms with E-state index in [2.05, 4.69) is 20.3 Å². The Hall–Kier alpha value is -2.03. The lowest BCUT2D eigenvalue weighted by Crippen LogP contribution is -2.22. The maximum atomic E-state index is 12.2. The number of ether oxygens (including phenoxy) is 1. The van der Waals surface area contributed by atoms with Crippen LogP contribution in [0.15, 0.2) is 11.1 Å².